The highest BCUT2D eigenvalue weighted by Gasteiger charge is 2.08. The summed E-state index contributed by atoms with van der Waals surface area (Å²) in [6.07, 6.45) is 2.25. The van der Waals surface area contributed by atoms with Crippen LogP contribution in [-0.2, 0) is 11.2 Å². The molecule has 18 heavy (non-hydrogen) atoms. The number of benzene rings is 1. The van der Waals surface area contributed by atoms with Gasteiger partial charge in [-0.05, 0) is 29.0 Å². The molecule has 92 valence electrons. The topological polar surface area (TPSA) is 37.3 Å². The van der Waals surface area contributed by atoms with Crippen LogP contribution >= 0.6 is 11.3 Å². The molecule has 0 unspecified atom stereocenters. The van der Waals surface area contributed by atoms with Gasteiger partial charge in [0, 0.05) is 16.5 Å². The average Bonchev–Trinajstić information content (AvgIpc) is 2.89. The Morgan fingerprint density at radius 3 is 2.50 bits per heavy atom. The molecule has 0 saturated heterocycles. The third-order valence-electron chi connectivity index (χ3n) is 2.73. The summed E-state index contributed by atoms with van der Waals surface area (Å²) in [5, 5.41) is 10.9. The molecule has 0 atom stereocenters. The van der Waals surface area contributed by atoms with Gasteiger partial charge in [0.25, 0.3) is 0 Å². The Morgan fingerprint density at radius 2 is 2.00 bits per heavy atom. The van der Waals surface area contributed by atoms with Crippen LogP contribution in [0.5, 0.6) is 0 Å². The van der Waals surface area contributed by atoms with E-state index < -0.39 is 5.97 Å². The van der Waals surface area contributed by atoms with E-state index in [0.717, 1.165) is 22.4 Å². The van der Waals surface area contributed by atoms with E-state index in [1.54, 1.807) is 11.3 Å². The molecular weight excluding hydrogens is 244 g/mol. The molecule has 2 rings (SSSR count). The number of aliphatic carboxylic acids is 1. The van der Waals surface area contributed by atoms with Crippen LogP contribution in [0.2, 0.25) is 0 Å². The number of hydrogen-bond acceptors (Lipinski definition) is 2. The van der Waals surface area contributed by atoms with E-state index in [0.29, 0.717) is 0 Å². The van der Waals surface area contributed by atoms with E-state index >= 15 is 0 Å². The molecule has 0 amide bonds. The van der Waals surface area contributed by atoms with Crippen molar-refractivity contribution in [3.05, 3.63) is 63.9 Å². The Bertz CT molecular complexity index is 551. The van der Waals surface area contributed by atoms with Crippen molar-refractivity contribution in [1.82, 2.24) is 0 Å². The van der Waals surface area contributed by atoms with E-state index in [-0.39, 0.29) is 0 Å². The molecule has 0 spiro atoms. The lowest BCUT2D eigenvalue weighted by molar-refractivity contribution is -0.131. The maximum atomic E-state index is 10.9. The summed E-state index contributed by atoms with van der Waals surface area (Å²) < 4.78 is 0. The first-order valence-electron chi connectivity index (χ1n) is 5.78. The summed E-state index contributed by atoms with van der Waals surface area (Å²) >= 11 is 1.55. The normalized spacial score (nSPS) is 11.5. The van der Waals surface area contributed by atoms with Gasteiger partial charge in [0.05, 0.1) is 0 Å². The average molecular weight is 258 g/mol. The lowest BCUT2D eigenvalue weighted by Crippen LogP contribution is -1.93. The van der Waals surface area contributed by atoms with Crippen molar-refractivity contribution in [2.24, 2.45) is 0 Å². The van der Waals surface area contributed by atoms with Crippen molar-refractivity contribution in [1.29, 1.82) is 0 Å². The summed E-state index contributed by atoms with van der Waals surface area (Å²) in [7, 11) is 0. The van der Waals surface area contributed by atoms with Crippen molar-refractivity contribution < 1.29 is 9.90 Å². The lowest BCUT2D eigenvalue weighted by atomic mass is 10.0. The zero-order chi connectivity index (χ0) is 13.0. The fourth-order valence-corrected chi connectivity index (χ4v) is 2.54. The van der Waals surface area contributed by atoms with Crippen LogP contribution in [0.3, 0.4) is 0 Å². The minimum Gasteiger partial charge on any atom is -0.478 e. The van der Waals surface area contributed by atoms with E-state index in [1.165, 1.54) is 11.6 Å². The van der Waals surface area contributed by atoms with E-state index in [1.807, 2.05) is 41.8 Å². The molecule has 1 N–H and O–H groups in total. The predicted molar refractivity (Wildman–Crippen MR) is 74.9 cm³/mol. The van der Waals surface area contributed by atoms with Crippen LogP contribution < -0.4 is 0 Å². The van der Waals surface area contributed by atoms with E-state index in [9.17, 15) is 4.79 Å². The van der Waals surface area contributed by atoms with Gasteiger partial charge in [-0.15, -0.1) is 11.3 Å². The summed E-state index contributed by atoms with van der Waals surface area (Å²) in [5.41, 5.74) is 2.96. The predicted octanol–water partition coefficient (Wildman–Crippen LogP) is 3.83. The highest BCUT2D eigenvalue weighted by atomic mass is 32.1. The van der Waals surface area contributed by atoms with Gasteiger partial charge in [0.1, 0.15) is 0 Å². The van der Waals surface area contributed by atoms with Gasteiger partial charge in [0.15, 0.2) is 0 Å². The second kappa shape index (κ2) is 5.65. The smallest absolute Gasteiger partial charge is 0.328 e. The molecule has 0 aliphatic carbocycles. The fourth-order valence-electron chi connectivity index (χ4n) is 1.77. The van der Waals surface area contributed by atoms with E-state index in [2.05, 4.69) is 6.92 Å². The Hall–Kier alpha value is -1.87. The van der Waals surface area contributed by atoms with Crippen molar-refractivity contribution in [3.8, 4) is 0 Å². The van der Waals surface area contributed by atoms with E-state index in [4.69, 9.17) is 5.11 Å². The number of aryl methyl sites for hydroxylation is 1. The summed E-state index contributed by atoms with van der Waals surface area (Å²) in [5.74, 6) is -0.919. The lowest BCUT2D eigenvalue weighted by Gasteiger charge is -2.06. The second-order valence-corrected chi connectivity index (χ2v) is 4.87. The number of rotatable bonds is 4. The highest BCUT2D eigenvalue weighted by molar-refractivity contribution is 7.11. The molecule has 0 radical (unpaired) electrons. The van der Waals surface area contributed by atoms with Gasteiger partial charge >= 0.3 is 5.97 Å². The van der Waals surface area contributed by atoms with Crippen molar-refractivity contribution in [2.45, 2.75) is 13.3 Å². The molecule has 0 fully saturated rings. The number of hydrogen-bond donors (Lipinski definition) is 1. The number of carbonyl (C=O) groups is 1. The summed E-state index contributed by atoms with van der Waals surface area (Å²) in [6.45, 7) is 2.10. The standard InChI is InChI=1S/C15H14O2S/c1-2-11-5-7-12(8-6-11)13(10-15(16)17)14-4-3-9-18-14/h3-10H,2H2,1H3,(H,16,17)/b13-10-. The monoisotopic (exact) mass is 258 g/mol. The highest BCUT2D eigenvalue weighted by Crippen LogP contribution is 2.27. The van der Waals surface area contributed by atoms with Gasteiger partial charge in [0.2, 0.25) is 0 Å². The molecule has 1 aromatic carbocycles. The summed E-state index contributed by atoms with van der Waals surface area (Å²) in [4.78, 5) is 11.9. The number of thiophene rings is 1. The van der Waals surface area contributed by atoms with Crippen LogP contribution in [-0.4, -0.2) is 11.1 Å². The maximum Gasteiger partial charge on any atom is 0.328 e. The molecule has 0 aliphatic heterocycles. The minimum atomic E-state index is -0.919. The molecule has 2 aromatic rings. The van der Waals surface area contributed by atoms with Crippen molar-refractivity contribution in [3.63, 3.8) is 0 Å². The van der Waals surface area contributed by atoms with Crippen LogP contribution in [0, 0.1) is 0 Å². The SMILES string of the molecule is CCc1ccc(/C(=C/C(=O)O)c2cccs2)cc1. The molecule has 1 aromatic heterocycles. The minimum absolute atomic E-state index is 0.764. The zero-order valence-corrected chi connectivity index (χ0v) is 10.9. The number of carboxylic acids is 1. The van der Waals surface area contributed by atoms with Crippen molar-refractivity contribution in [2.75, 3.05) is 0 Å². The molecule has 0 bridgehead atoms. The molecule has 2 nitrogen and oxygen atoms in total. The first-order valence-corrected chi connectivity index (χ1v) is 6.66. The molecule has 3 heteroatoms. The number of carboxylic acid groups (broad SMARTS) is 1. The largest absolute Gasteiger partial charge is 0.478 e. The Balaban J connectivity index is 2.43. The van der Waals surface area contributed by atoms with Gasteiger partial charge in [-0.2, -0.15) is 0 Å². The van der Waals surface area contributed by atoms with Crippen LogP contribution in [0.25, 0.3) is 5.57 Å². The first kappa shape index (κ1) is 12.6. The van der Waals surface area contributed by atoms with Gasteiger partial charge in [-0.25, -0.2) is 4.79 Å². The van der Waals surface area contributed by atoms with Crippen LogP contribution in [0.15, 0.2) is 47.9 Å². The van der Waals surface area contributed by atoms with Gasteiger partial charge in [-0.1, -0.05) is 37.3 Å². The molecule has 0 saturated carbocycles. The van der Waals surface area contributed by atoms with Crippen LogP contribution in [0.1, 0.15) is 22.9 Å². The molecule has 0 aliphatic rings. The Labute approximate surface area is 110 Å². The van der Waals surface area contributed by atoms with Crippen molar-refractivity contribution >= 4 is 22.9 Å². The maximum absolute atomic E-state index is 10.9. The zero-order valence-electron chi connectivity index (χ0n) is 10.1. The third kappa shape index (κ3) is 2.87. The van der Waals surface area contributed by atoms with Crippen LogP contribution in [0.4, 0.5) is 0 Å². The fraction of sp³-hybridized carbons (Fsp3) is 0.133. The molecule has 1 heterocycles. The Kier molecular flexibility index (Phi) is 3.95. The third-order valence-corrected chi connectivity index (χ3v) is 3.63. The first-order chi connectivity index (χ1) is 8.70. The van der Waals surface area contributed by atoms with Gasteiger partial charge in [-0.3, -0.25) is 0 Å². The quantitative estimate of drug-likeness (QED) is 0.846. The summed E-state index contributed by atoms with van der Waals surface area (Å²) in [6, 6.07) is 11.9. The molecular formula is C15H14O2S. The Morgan fingerprint density at radius 1 is 1.28 bits per heavy atom. The van der Waals surface area contributed by atoms with Gasteiger partial charge < -0.3 is 5.11 Å². The second-order valence-electron chi connectivity index (χ2n) is 3.92.